The highest BCUT2D eigenvalue weighted by Crippen LogP contribution is 2.30. The van der Waals surface area contributed by atoms with E-state index in [4.69, 9.17) is 9.25 Å². The highest BCUT2D eigenvalue weighted by atomic mass is 32.2. The van der Waals surface area contributed by atoms with E-state index in [-0.39, 0.29) is 17.1 Å². The maximum Gasteiger partial charge on any atom is 0.243 e. The van der Waals surface area contributed by atoms with Crippen molar-refractivity contribution in [1.82, 2.24) is 15.4 Å². The molecule has 0 aliphatic rings. The Bertz CT molecular complexity index is 1090. The minimum absolute atomic E-state index is 0.0554. The molecule has 7 nitrogen and oxygen atoms in total. The number of oxazole rings is 1. The zero-order valence-corrected chi connectivity index (χ0v) is 22.9. The van der Waals surface area contributed by atoms with Gasteiger partial charge >= 0.3 is 0 Å². The molecule has 0 spiro atoms. The largest absolute Gasteiger partial charge is 0.444 e. The van der Waals surface area contributed by atoms with Gasteiger partial charge in [0.2, 0.25) is 11.8 Å². The van der Waals surface area contributed by atoms with Crippen LogP contribution in [-0.2, 0) is 38.6 Å². The number of nitrogens with zero attached hydrogens (tertiary/aromatic N) is 2. The Hall–Kier alpha value is -2.49. The molecule has 3 rings (SSSR count). The molecule has 36 heavy (non-hydrogen) atoms. The summed E-state index contributed by atoms with van der Waals surface area (Å²) in [5.41, 5.74) is 3.44. The van der Waals surface area contributed by atoms with Gasteiger partial charge in [-0.15, -0.1) is 23.1 Å². The average Bonchev–Trinajstić information content (AvgIpc) is 3.50. The van der Waals surface area contributed by atoms with Crippen LogP contribution in [0, 0.1) is 0 Å². The van der Waals surface area contributed by atoms with E-state index < -0.39 is 0 Å². The van der Waals surface area contributed by atoms with Gasteiger partial charge in [-0.25, -0.2) is 15.4 Å². The molecule has 9 heteroatoms. The van der Waals surface area contributed by atoms with Gasteiger partial charge in [-0.05, 0) is 18.4 Å². The van der Waals surface area contributed by atoms with Crippen LogP contribution in [0.3, 0.4) is 0 Å². The van der Waals surface area contributed by atoms with E-state index in [1.807, 2.05) is 36.5 Å². The van der Waals surface area contributed by atoms with E-state index in [1.165, 1.54) is 0 Å². The van der Waals surface area contributed by atoms with Gasteiger partial charge in [0.25, 0.3) is 0 Å². The van der Waals surface area contributed by atoms with E-state index in [0.717, 1.165) is 46.2 Å². The summed E-state index contributed by atoms with van der Waals surface area (Å²) in [7, 11) is 0. The van der Waals surface area contributed by atoms with Gasteiger partial charge < -0.3 is 4.42 Å². The number of unbranched alkanes of at least 4 members (excludes halogenated alkanes) is 3. The summed E-state index contributed by atoms with van der Waals surface area (Å²) in [6.07, 6.45) is 8.41. The number of carbonyl (C=O) groups is 2. The van der Waals surface area contributed by atoms with Crippen molar-refractivity contribution >= 4 is 34.8 Å². The number of carbonyl (C=O) groups excluding carboxylic acids is 2. The van der Waals surface area contributed by atoms with Crippen LogP contribution in [0.1, 0.15) is 81.5 Å². The third kappa shape index (κ3) is 10.2. The molecule has 1 amide bonds. The first kappa shape index (κ1) is 28.1. The predicted molar refractivity (Wildman–Crippen MR) is 143 cm³/mol. The van der Waals surface area contributed by atoms with Crippen molar-refractivity contribution in [1.29, 1.82) is 0 Å². The first-order valence-electron chi connectivity index (χ1n) is 12.3. The molecule has 0 fully saturated rings. The maximum atomic E-state index is 12.3. The summed E-state index contributed by atoms with van der Waals surface area (Å²) in [5, 5.41) is 0.845. The monoisotopic (exact) mass is 529 g/mol. The molecule has 0 radical (unpaired) electrons. The fraction of sp³-hybridized carbons (Fsp3) is 0.481. The summed E-state index contributed by atoms with van der Waals surface area (Å²) >= 11 is 3.18. The number of hydrogen-bond donors (Lipinski definition) is 1. The molecule has 0 aliphatic carbocycles. The SMILES string of the molecule is CC(C)(C)c1cnc(CSc2cnc(CC(=O)CCCCCCC(=O)NOCc3ccccc3)s2)o1. The van der Waals surface area contributed by atoms with Crippen molar-refractivity contribution in [2.45, 2.75) is 87.7 Å². The standard InChI is InChI=1S/C27H35N3O4S2/c1-27(2,3)22-16-28-24(34-22)19-35-26-17-29-25(36-26)15-21(31)13-9-4-5-10-14-23(32)30-33-18-20-11-7-6-8-12-20/h6-8,11-12,16-17H,4-5,9-10,13-15,18-19H2,1-3H3,(H,30,32). The number of hydrogen-bond acceptors (Lipinski definition) is 8. The highest BCUT2D eigenvalue weighted by molar-refractivity contribution is 8.00. The molecule has 0 aliphatic heterocycles. The smallest absolute Gasteiger partial charge is 0.243 e. The quantitative estimate of drug-likeness (QED) is 0.138. The Labute approximate surface area is 221 Å². The van der Waals surface area contributed by atoms with Gasteiger partial charge in [-0.1, -0.05) is 63.9 Å². The number of Topliss-reactive ketones (excluding diaryl/α,β-unsaturated/α-hetero) is 1. The summed E-state index contributed by atoms with van der Waals surface area (Å²) in [4.78, 5) is 38.2. The third-order valence-corrected chi connectivity index (χ3v) is 7.57. The van der Waals surface area contributed by atoms with E-state index in [1.54, 1.807) is 29.3 Å². The first-order chi connectivity index (χ1) is 17.3. The second-order valence-electron chi connectivity index (χ2n) is 9.66. The van der Waals surface area contributed by atoms with Crippen LogP contribution >= 0.6 is 23.1 Å². The Balaban J connectivity index is 1.22. The minimum atomic E-state index is -0.114. The summed E-state index contributed by atoms with van der Waals surface area (Å²) in [6, 6.07) is 9.70. The number of nitrogens with one attached hydrogen (secondary N) is 1. The minimum Gasteiger partial charge on any atom is -0.444 e. The number of benzene rings is 1. The molecular weight excluding hydrogens is 494 g/mol. The van der Waals surface area contributed by atoms with Crippen molar-refractivity contribution in [3.05, 3.63) is 64.9 Å². The van der Waals surface area contributed by atoms with Crippen LogP contribution in [0.5, 0.6) is 0 Å². The zero-order valence-electron chi connectivity index (χ0n) is 21.2. The lowest BCUT2D eigenvalue weighted by Crippen LogP contribution is -2.23. The Morgan fingerprint density at radius 3 is 2.50 bits per heavy atom. The van der Waals surface area contributed by atoms with Gasteiger partial charge in [-0.3, -0.25) is 14.4 Å². The molecule has 0 saturated carbocycles. The lowest BCUT2D eigenvalue weighted by atomic mass is 9.94. The lowest BCUT2D eigenvalue weighted by molar-refractivity contribution is -0.134. The molecule has 1 N–H and O–H groups in total. The van der Waals surface area contributed by atoms with E-state index >= 15 is 0 Å². The fourth-order valence-corrected chi connectivity index (χ4v) is 5.25. The highest BCUT2D eigenvalue weighted by Gasteiger charge is 2.19. The molecule has 0 bridgehead atoms. The van der Waals surface area contributed by atoms with E-state index in [9.17, 15) is 9.59 Å². The number of ketones is 1. The average molecular weight is 530 g/mol. The maximum absolute atomic E-state index is 12.3. The normalized spacial score (nSPS) is 11.5. The van der Waals surface area contributed by atoms with Gasteiger partial charge in [0, 0.05) is 18.3 Å². The van der Waals surface area contributed by atoms with Gasteiger partial charge in [-0.2, -0.15) is 0 Å². The molecule has 0 unspecified atom stereocenters. The molecule has 0 atom stereocenters. The Morgan fingerprint density at radius 1 is 1.03 bits per heavy atom. The number of amides is 1. The van der Waals surface area contributed by atoms with Crippen LogP contribution in [0.25, 0.3) is 0 Å². The van der Waals surface area contributed by atoms with E-state index in [2.05, 4.69) is 36.2 Å². The second kappa shape index (κ2) is 14.3. The summed E-state index contributed by atoms with van der Waals surface area (Å²) < 4.78 is 6.89. The van der Waals surface area contributed by atoms with Crippen molar-refractivity contribution in [2.75, 3.05) is 0 Å². The van der Waals surface area contributed by atoms with Crippen LogP contribution in [0.2, 0.25) is 0 Å². The van der Waals surface area contributed by atoms with Crippen LogP contribution < -0.4 is 5.48 Å². The van der Waals surface area contributed by atoms with Crippen molar-refractivity contribution in [3.8, 4) is 0 Å². The summed E-state index contributed by atoms with van der Waals surface area (Å²) in [5.74, 6) is 2.31. The first-order valence-corrected chi connectivity index (χ1v) is 14.1. The number of thioether (sulfide) groups is 1. The molecule has 3 aromatic rings. The number of rotatable bonds is 15. The topological polar surface area (TPSA) is 94.3 Å². The predicted octanol–water partition coefficient (Wildman–Crippen LogP) is 6.42. The van der Waals surface area contributed by atoms with Crippen molar-refractivity contribution < 1.29 is 18.8 Å². The van der Waals surface area contributed by atoms with E-state index in [0.29, 0.717) is 37.5 Å². The molecule has 2 heterocycles. The summed E-state index contributed by atoms with van der Waals surface area (Å²) in [6.45, 7) is 6.65. The number of hydroxylamine groups is 1. The van der Waals surface area contributed by atoms with Crippen LogP contribution in [0.4, 0.5) is 0 Å². The molecule has 194 valence electrons. The second-order valence-corrected chi connectivity index (χ2v) is 12.0. The Kier molecular flexibility index (Phi) is 11.2. The number of thiazole rings is 1. The molecule has 0 saturated heterocycles. The van der Waals surface area contributed by atoms with Gasteiger partial charge in [0.1, 0.15) is 16.6 Å². The third-order valence-electron chi connectivity index (χ3n) is 5.39. The fourth-order valence-electron chi connectivity index (χ4n) is 3.34. The molecule has 2 aromatic heterocycles. The lowest BCUT2D eigenvalue weighted by Gasteiger charge is -2.12. The van der Waals surface area contributed by atoms with Crippen LogP contribution in [0.15, 0.2) is 51.4 Å². The van der Waals surface area contributed by atoms with Crippen molar-refractivity contribution in [3.63, 3.8) is 0 Å². The van der Waals surface area contributed by atoms with Gasteiger partial charge in [0.15, 0.2) is 0 Å². The van der Waals surface area contributed by atoms with Gasteiger partial charge in [0.05, 0.1) is 35.4 Å². The molecular formula is C27H35N3O4S2. The zero-order chi connectivity index (χ0) is 25.8. The van der Waals surface area contributed by atoms with Crippen molar-refractivity contribution in [2.24, 2.45) is 0 Å². The van der Waals surface area contributed by atoms with Crippen LogP contribution in [-0.4, -0.2) is 21.7 Å². The number of aromatic nitrogens is 2. The Morgan fingerprint density at radius 2 is 1.78 bits per heavy atom. The molecule has 1 aromatic carbocycles.